The van der Waals surface area contributed by atoms with Gasteiger partial charge in [-0.15, -0.1) is 0 Å². The van der Waals surface area contributed by atoms with Crippen LogP contribution in [0.15, 0.2) is 78.9 Å². The van der Waals surface area contributed by atoms with E-state index in [4.69, 9.17) is 9.84 Å². The fraction of sp³-hybridized carbons (Fsp3) is 0.294. The first-order chi connectivity index (χ1) is 20.5. The minimum atomic E-state index is -0.979. The van der Waals surface area contributed by atoms with Crippen molar-refractivity contribution in [2.75, 3.05) is 23.0 Å². The number of imide groups is 1. The molecule has 0 radical (unpaired) electrons. The Hall–Kier alpha value is -4.72. The van der Waals surface area contributed by atoms with Crippen LogP contribution in [0.25, 0.3) is 5.69 Å². The van der Waals surface area contributed by atoms with Crippen molar-refractivity contribution in [2.24, 2.45) is 0 Å². The summed E-state index contributed by atoms with van der Waals surface area (Å²) in [7, 11) is 0. The number of esters is 1. The lowest BCUT2D eigenvalue weighted by atomic mass is 9.61. The molecule has 3 aliphatic rings. The molecule has 0 bridgehead atoms. The van der Waals surface area contributed by atoms with E-state index in [1.807, 2.05) is 54.1 Å². The second-order valence-electron chi connectivity index (χ2n) is 11.2. The number of para-hydroxylation sites is 1. The van der Waals surface area contributed by atoms with Gasteiger partial charge in [-0.2, -0.15) is 5.10 Å². The van der Waals surface area contributed by atoms with E-state index in [9.17, 15) is 9.59 Å². The topological polar surface area (TPSA) is 84.7 Å². The molecule has 3 aromatic carbocycles. The molecule has 0 aliphatic carbocycles. The number of piperidine rings is 1. The van der Waals surface area contributed by atoms with E-state index in [1.165, 1.54) is 4.90 Å². The third-order valence-electron chi connectivity index (χ3n) is 9.02. The molecule has 8 heteroatoms. The van der Waals surface area contributed by atoms with Crippen molar-refractivity contribution in [2.45, 2.75) is 51.0 Å². The highest BCUT2D eigenvalue weighted by Gasteiger charge is 2.60. The van der Waals surface area contributed by atoms with Crippen LogP contribution in [-0.2, 0) is 21.4 Å². The maximum absolute atomic E-state index is 15.0. The molecule has 4 aromatic rings. The van der Waals surface area contributed by atoms with Crippen molar-refractivity contribution in [1.82, 2.24) is 9.78 Å². The normalized spacial score (nSPS) is 21.1. The Kier molecular flexibility index (Phi) is 6.22. The lowest BCUT2D eigenvalue weighted by molar-refractivity contribution is -0.125. The standard InChI is InChI=1S/C34H32N4O4/c1-3-42-32(40)23-16-18-24(19-17-23)37-31(39)26-13-7-8-14-28(26)34(33(37)41)21-27-22(2)35-38(25-11-5-4-6-12-25)30(27)36-20-10-9-15-29(34)36/h4-8,11-14,16-19,29H,3,9-10,15,20-21H2,1-2H3/t29-,34+/m1/s1. The molecular weight excluding hydrogens is 528 g/mol. The minimum Gasteiger partial charge on any atom is -0.462 e. The molecule has 1 aromatic heterocycles. The fourth-order valence-electron chi connectivity index (χ4n) is 7.17. The SMILES string of the molecule is CCOC(=O)c1ccc(N2C(=O)c3ccccc3[C@]3(Cc4c(C)nn(-c5ccccc5)c4N4CCCC[C@@H]43)C2=O)cc1. The number of ether oxygens (including phenoxy) is 1. The first-order valence-corrected chi connectivity index (χ1v) is 14.6. The quantitative estimate of drug-likeness (QED) is 0.246. The zero-order valence-electron chi connectivity index (χ0n) is 23.7. The minimum absolute atomic E-state index is 0.152. The van der Waals surface area contributed by atoms with Crippen LogP contribution in [0.3, 0.4) is 0 Å². The van der Waals surface area contributed by atoms with Gasteiger partial charge in [-0.3, -0.25) is 9.59 Å². The summed E-state index contributed by atoms with van der Waals surface area (Å²) in [5, 5.41) is 4.99. The van der Waals surface area contributed by atoms with Gasteiger partial charge in [0, 0.05) is 23.7 Å². The number of hydrogen-bond acceptors (Lipinski definition) is 6. The van der Waals surface area contributed by atoms with Crippen molar-refractivity contribution in [3.05, 3.63) is 107 Å². The summed E-state index contributed by atoms with van der Waals surface area (Å²) in [6.45, 7) is 4.83. The summed E-state index contributed by atoms with van der Waals surface area (Å²) in [5.41, 5.74) is 4.05. The molecule has 2 amide bonds. The number of hydrogen-bond donors (Lipinski definition) is 0. The van der Waals surface area contributed by atoms with E-state index in [-0.39, 0.29) is 24.5 Å². The highest BCUT2D eigenvalue weighted by Crippen LogP contribution is 2.52. The van der Waals surface area contributed by atoms with Gasteiger partial charge in [-0.05, 0) is 87.6 Å². The molecule has 1 spiro atoms. The summed E-state index contributed by atoms with van der Waals surface area (Å²) >= 11 is 0. The summed E-state index contributed by atoms with van der Waals surface area (Å²) in [5.74, 6) is 0.0201. The Morgan fingerprint density at radius 1 is 0.952 bits per heavy atom. The average molecular weight is 561 g/mol. The third kappa shape index (κ3) is 3.74. The van der Waals surface area contributed by atoms with Crippen LogP contribution in [0.2, 0.25) is 0 Å². The van der Waals surface area contributed by atoms with Gasteiger partial charge in [0.05, 0.1) is 29.2 Å². The molecular formula is C34H32N4O4. The first-order valence-electron chi connectivity index (χ1n) is 14.6. The molecule has 1 saturated heterocycles. The van der Waals surface area contributed by atoms with E-state index >= 15 is 4.79 Å². The third-order valence-corrected chi connectivity index (χ3v) is 9.02. The van der Waals surface area contributed by atoms with Gasteiger partial charge < -0.3 is 9.64 Å². The van der Waals surface area contributed by atoms with Crippen molar-refractivity contribution in [3.63, 3.8) is 0 Å². The first kappa shape index (κ1) is 26.2. The van der Waals surface area contributed by atoms with Crippen LogP contribution in [0.5, 0.6) is 0 Å². The molecule has 8 nitrogen and oxygen atoms in total. The Bertz CT molecular complexity index is 1710. The number of anilines is 2. The van der Waals surface area contributed by atoms with Gasteiger partial charge in [-0.25, -0.2) is 14.4 Å². The Labute approximate surface area is 244 Å². The number of fused-ring (bicyclic) bond motifs is 6. The van der Waals surface area contributed by atoms with Gasteiger partial charge >= 0.3 is 5.97 Å². The maximum Gasteiger partial charge on any atom is 0.338 e. The molecule has 1 fully saturated rings. The number of aromatic nitrogens is 2. The lowest BCUT2D eigenvalue weighted by Gasteiger charge is -2.54. The highest BCUT2D eigenvalue weighted by atomic mass is 16.5. The van der Waals surface area contributed by atoms with Gasteiger partial charge in [0.15, 0.2) is 0 Å². The summed E-state index contributed by atoms with van der Waals surface area (Å²) in [6.07, 6.45) is 3.28. The van der Waals surface area contributed by atoms with E-state index in [1.54, 1.807) is 31.2 Å². The maximum atomic E-state index is 15.0. The van der Waals surface area contributed by atoms with Crippen LogP contribution in [-0.4, -0.2) is 46.8 Å². The number of carbonyl (C=O) groups excluding carboxylic acids is 3. The Morgan fingerprint density at radius 3 is 2.45 bits per heavy atom. The molecule has 3 aliphatic heterocycles. The van der Waals surface area contributed by atoms with Crippen LogP contribution >= 0.6 is 0 Å². The largest absolute Gasteiger partial charge is 0.462 e. The molecule has 4 heterocycles. The zero-order chi connectivity index (χ0) is 29.0. The highest BCUT2D eigenvalue weighted by molar-refractivity contribution is 6.28. The summed E-state index contributed by atoms with van der Waals surface area (Å²) in [4.78, 5) is 45.0. The number of benzene rings is 3. The molecule has 42 heavy (non-hydrogen) atoms. The van der Waals surface area contributed by atoms with Crippen LogP contribution < -0.4 is 9.80 Å². The van der Waals surface area contributed by atoms with Gasteiger partial charge in [0.2, 0.25) is 5.91 Å². The van der Waals surface area contributed by atoms with Gasteiger partial charge in [-0.1, -0.05) is 36.4 Å². The Balaban J connectivity index is 1.41. The number of carbonyl (C=O) groups is 3. The Morgan fingerprint density at radius 2 is 1.69 bits per heavy atom. The second-order valence-corrected chi connectivity index (χ2v) is 11.2. The van der Waals surface area contributed by atoms with E-state index in [2.05, 4.69) is 17.0 Å². The number of nitrogens with zero attached hydrogens (tertiary/aromatic N) is 4. The van der Waals surface area contributed by atoms with Crippen molar-refractivity contribution in [3.8, 4) is 5.69 Å². The molecule has 0 unspecified atom stereocenters. The van der Waals surface area contributed by atoms with E-state index in [0.717, 1.165) is 54.1 Å². The summed E-state index contributed by atoms with van der Waals surface area (Å²) < 4.78 is 7.15. The fourth-order valence-corrected chi connectivity index (χ4v) is 7.17. The van der Waals surface area contributed by atoms with Gasteiger partial charge in [0.1, 0.15) is 11.2 Å². The van der Waals surface area contributed by atoms with Gasteiger partial charge in [0.25, 0.3) is 5.91 Å². The van der Waals surface area contributed by atoms with Crippen LogP contribution in [0.1, 0.15) is 63.7 Å². The van der Waals surface area contributed by atoms with Crippen LogP contribution in [0.4, 0.5) is 11.5 Å². The number of aryl methyl sites for hydroxylation is 1. The van der Waals surface area contributed by atoms with E-state index < -0.39 is 11.4 Å². The monoisotopic (exact) mass is 560 g/mol. The lowest BCUT2D eigenvalue weighted by Crippen LogP contribution is -2.67. The molecule has 2 atom stereocenters. The molecule has 0 saturated carbocycles. The van der Waals surface area contributed by atoms with E-state index in [0.29, 0.717) is 23.2 Å². The molecule has 0 N–H and O–H groups in total. The van der Waals surface area contributed by atoms with Crippen molar-refractivity contribution in [1.29, 1.82) is 0 Å². The van der Waals surface area contributed by atoms with Crippen LogP contribution in [0, 0.1) is 6.92 Å². The second kappa shape index (κ2) is 9.98. The smallest absolute Gasteiger partial charge is 0.338 e. The predicted molar refractivity (Wildman–Crippen MR) is 159 cm³/mol. The summed E-state index contributed by atoms with van der Waals surface area (Å²) in [6, 6.07) is 24.1. The number of rotatable bonds is 4. The number of amides is 2. The molecule has 212 valence electrons. The zero-order valence-corrected chi connectivity index (χ0v) is 23.7. The predicted octanol–water partition coefficient (Wildman–Crippen LogP) is 5.40. The van der Waals surface area contributed by atoms with Crippen molar-refractivity contribution < 1.29 is 19.1 Å². The molecule has 7 rings (SSSR count). The van der Waals surface area contributed by atoms with Crippen molar-refractivity contribution >= 4 is 29.3 Å². The average Bonchev–Trinajstić information content (AvgIpc) is 3.37.